The van der Waals surface area contributed by atoms with Crippen LogP contribution in [-0.2, 0) is 15.2 Å². The van der Waals surface area contributed by atoms with Crippen LogP contribution in [0.4, 0.5) is 4.39 Å². The Bertz CT molecular complexity index is 493. The van der Waals surface area contributed by atoms with E-state index in [1.807, 2.05) is 0 Å². The van der Waals surface area contributed by atoms with Crippen LogP contribution in [0.5, 0.6) is 11.5 Å². The highest BCUT2D eigenvalue weighted by molar-refractivity contribution is 5.77. The van der Waals surface area contributed by atoms with Gasteiger partial charge in [-0.3, -0.25) is 0 Å². The molecule has 0 aliphatic heterocycles. The van der Waals surface area contributed by atoms with E-state index in [0.717, 1.165) is 7.11 Å². The maximum Gasteiger partial charge on any atom is 0.339 e. The average molecular weight is 286 g/mol. The Morgan fingerprint density at radius 3 is 2.10 bits per heavy atom. The summed E-state index contributed by atoms with van der Waals surface area (Å²) in [6.07, 6.45) is -1.59. The summed E-state index contributed by atoms with van der Waals surface area (Å²) in [6.45, 7) is 2.64. The van der Waals surface area contributed by atoms with E-state index >= 15 is 0 Å². The van der Waals surface area contributed by atoms with Crippen LogP contribution in [0.2, 0.25) is 0 Å². The second-order valence-corrected chi connectivity index (χ2v) is 4.69. The first kappa shape index (κ1) is 16.2. The second kappa shape index (κ2) is 6.09. The summed E-state index contributed by atoms with van der Waals surface area (Å²) < 4.78 is 29.0. The van der Waals surface area contributed by atoms with Crippen molar-refractivity contribution in [1.29, 1.82) is 0 Å². The fourth-order valence-corrected chi connectivity index (χ4v) is 1.87. The summed E-state index contributed by atoms with van der Waals surface area (Å²) in [5.41, 5.74) is -1.56. The minimum atomic E-state index is -1.77. The smallest absolute Gasteiger partial charge is 0.339 e. The van der Waals surface area contributed by atoms with E-state index in [9.17, 15) is 14.3 Å². The van der Waals surface area contributed by atoms with Crippen LogP contribution >= 0.6 is 0 Å². The van der Waals surface area contributed by atoms with E-state index in [4.69, 9.17) is 9.47 Å². The average Bonchev–Trinajstić information content (AvgIpc) is 2.42. The van der Waals surface area contributed by atoms with Crippen LogP contribution in [-0.4, -0.2) is 32.4 Å². The molecule has 0 spiro atoms. The molecular formula is C14H19FO5. The van der Waals surface area contributed by atoms with Gasteiger partial charge < -0.3 is 19.3 Å². The van der Waals surface area contributed by atoms with E-state index < -0.39 is 17.7 Å². The SMILES string of the molecule is COC(=O)C(O)c1cc(OC)c(OC)cc1C(C)(C)F. The number of methoxy groups -OCH3 is 3. The monoisotopic (exact) mass is 286 g/mol. The lowest BCUT2D eigenvalue weighted by Crippen LogP contribution is -2.20. The number of esters is 1. The Balaban J connectivity index is 3.50. The first-order chi connectivity index (χ1) is 9.26. The number of benzene rings is 1. The van der Waals surface area contributed by atoms with Gasteiger partial charge in [-0.05, 0) is 31.5 Å². The van der Waals surface area contributed by atoms with Crippen molar-refractivity contribution in [2.45, 2.75) is 25.6 Å². The topological polar surface area (TPSA) is 65.0 Å². The van der Waals surface area contributed by atoms with Gasteiger partial charge in [-0.25, -0.2) is 9.18 Å². The molecule has 0 saturated heterocycles. The molecule has 0 saturated carbocycles. The molecule has 0 aliphatic carbocycles. The second-order valence-electron chi connectivity index (χ2n) is 4.69. The minimum Gasteiger partial charge on any atom is -0.493 e. The fraction of sp³-hybridized carbons (Fsp3) is 0.500. The third-order valence-corrected chi connectivity index (χ3v) is 2.92. The van der Waals surface area contributed by atoms with Gasteiger partial charge in [-0.1, -0.05) is 0 Å². The van der Waals surface area contributed by atoms with Crippen LogP contribution in [0.1, 0.15) is 31.1 Å². The Morgan fingerprint density at radius 2 is 1.70 bits per heavy atom. The molecule has 112 valence electrons. The minimum absolute atomic E-state index is 0.0852. The number of alkyl halides is 1. The van der Waals surface area contributed by atoms with E-state index in [2.05, 4.69) is 4.74 Å². The van der Waals surface area contributed by atoms with Gasteiger partial charge in [0.25, 0.3) is 0 Å². The highest BCUT2D eigenvalue weighted by Gasteiger charge is 2.31. The van der Waals surface area contributed by atoms with Gasteiger partial charge in [0, 0.05) is 5.56 Å². The number of halogens is 1. The number of aliphatic hydroxyl groups excluding tert-OH is 1. The van der Waals surface area contributed by atoms with Crippen molar-refractivity contribution in [2.75, 3.05) is 21.3 Å². The lowest BCUT2D eigenvalue weighted by atomic mass is 9.91. The normalized spacial score (nSPS) is 12.8. The molecule has 0 fully saturated rings. The number of carbonyl (C=O) groups is 1. The summed E-state index contributed by atoms with van der Waals surface area (Å²) in [5.74, 6) is -0.268. The summed E-state index contributed by atoms with van der Waals surface area (Å²) in [4.78, 5) is 11.5. The zero-order chi connectivity index (χ0) is 15.5. The summed E-state index contributed by atoms with van der Waals surface area (Å²) >= 11 is 0. The van der Waals surface area contributed by atoms with Crippen molar-refractivity contribution in [1.82, 2.24) is 0 Å². The number of carbonyl (C=O) groups excluding carboxylic acids is 1. The highest BCUT2D eigenvalue weighted by atomic mass is 19.1. The molecule has 1 unspecified atom stereocenters. The van der Waals surface area contributed by atoms with Gasteiger partial charge in [0.1, 0.15) is 5.67 Å². The third kappa shape index (κ3) is 3.19. The van der Waals surface area contributed by atoms with Gasteiger partial charge in [0.15, 0.2) is 17.6 Å². The Hall–Kier alpha value is -1.82. The quantitative estimate of drug-likeness (QED) is 0.840. The fourth-order valence-electron chi connectivity index (χ4n) is 1.87. The molecule has 0 heterocycles. The number of hydrogen-bond donors (Lipinski definition) is 1. The Labute approximate surface area is 117 Å². The van der Waals surface area contributed by atoms with Gasteiger partial charge >= 0.3 is 5.97 Å². The molecule has 0 bridgehead atoms. The largest absolute Gasteiger partial charge is 0.493 e. The molecule has 0 aliphatic rings. The molecule has 1 aromatic rings. The first-order valence-electron chi connectivity index (χ1n) is 5.97. The Kier molecular flexibility index (Phi) is 4.94. The molecular weight excluding hydrogens is 267 g/mol. The summed E-state index contributed by atoms with van der Waals surface area (Å²) in [6, 6.07) is 2.78. The number of hydrogen-bond acceptors (Lipinski definition) is 5. The van der Waals surface area contributed by atoms with Crippen LogP contribution in [0.15, 0.2) is 12.1 Å². The molecule has 6 heteroatoms. The summed E-state index contributed by atoms with van der Waals surface area (Å²) in [5, 5.41) is 9.98. The van der Waals surface area contributed by atoms with Gasteiger partial charge in [0.2, 0.25) is 0 Å². The number of ether oxygens (including phenoxy) is 3. The van der Waals surface area contributed by atoms with Crippen molar-refractivity contribution in [3.8, 4) is 11.5 Å². The van der Waals surface area contributed by atoms with Gasteiger partial charge in [-0.15, -0.1) is 0 Å². The van der Waals surface area contributed by atoms with Crippen molar-refractivity contribution in [3.05, 3.63) is 23.3 Å². The van der Waals surface area contributed by atoms with Crippen LogP contribution in [0, 0.1) is 0 Å². The first-order valence-corrected chi connectivity index (χ1v) is 5.97. The predicted octanol–water partition coefficient (Wildman–Crippen LogP) is 2.11. The molecule has 1 aromatic carbocycles. The number of rotatable bonds is 5. The maximum absolute atomic E-state index is 14.3. The molecule has 0 amide bonds. The highest BCUT2D eigenvalue weighted by Crippen LogP contribution is 2.39. The van der Waals surface area contributed by atoms with E-state index in [1.54, 1.807) is 0 Å². The van der Waals surface area contributed by atoms with Crippen molar-refractivity contribution < 1.29 is 28.5 Å². The van der Waals surface area contributed by atoms with Crippen molar-refractivity contribution in [3.63, 3.8) is 0 Å². The third-order valence-electron chi connectivity index (χ3n) is 2.92. The zero-order valence-electron chi connectivity index (χ0n) is 12.2. The van der Waals surface area contributed by atoms with Crippen molar-refractivity contribution >= 4 is 5.97 Å². The van der Waals surface area contributed by atoms with E-state index in [1.165, 1.54) is 40.2 Å². The van der Waals surface area contributed by atoms with Gasteiger partial charge in [-0.2, -0.15) is 0 Å². The zero-order valence-corrected chi connectivity index (χ0v) is 12.2. The lowest BCUT2D eigenvalue weighted by Gasteiger charge is -2.23. The lowest BCUT2D eigenvalue weighted by molar-refractivity contribution is -0.150. The predicted molar refractivity (Wildman–Crippen MR) is 70.7 cm³/mol. The van der Waals surface area contributed by atoms with Crippen molar-refractivity contribution in [2.24, 2.45) is 0 Å². The standard InChI is InChI=1S/C14H19FO5/c1-14(2,15)9-7-11(19-4)10(18-3)6-8(9)12(16)13(17)20-5/h6-7,12,16H,1-5H3. The number of aliphatic hydroxyl groups is 1. The maximum atomic E-state index is 14.3. The van der Waals surface area contributed by atoms with Crippen LogP contribution in [0.3, 0.4) is 0 Å². The Morgan fingerprint density at radius 1 is 1.20 bits per heavy atom. The molecule has 1 atom stereocenters. The molecule has 1 N–H and O–H groups in total. The van der Waals surface area contributed by atoms with E-state index in [-0.39, 0.29) is 11.1 Å². The molecule has 5 nitrogen and oxygen atoms in total. The van der Waals surface area contributed by atoms with Crippen LogP contribution in [0.25, 0.3) is 0 Å². The van der Waals surface area contributed by atoms with E-state index in [0.29, 0.717) is 11.5 Å². The van der Waals surface area contributed by atoms with Gasteiger partial charge in [0.05, 0.1) is 21.3 Å². The molecule has 0 aromatic heterocycles. The van der Waals surface area contributed by atoms with Crippen LogP contribution < -0.4 is 9.47 Å². The molecule has 20 heavy (non-hydrogen) atoms. The molecule has 0 radical (unpaired) electrons. The molecule has 1 rings (SSSR count). The summed E-state index contributed by atoms with van der Waals surface area (Å²) in [7, 11) is 3.97.